The number of nitrogens with zero attached hydrogens (tertiary/aromatic N) is 4. The van der Waals surface area contributed by atoms with E-state index in [2.05, 4.69) is 56.8 Å². The van der Waals surface area contributed by atoms with Gasteiger partial charge in [0.1, 0.15) is 10.0 Å². The largest absolute Gasteiger partial charge is 0.296 e. The second-order valence-electron chi connectivity index (χ2n) is 4.98. The lowest BCUT2D eigenvalue weighted by atomic mass is 10.1. The summed E-state index contributed by atoms with van der Waals surface area (Å²) in [5, 5.41) is 12.3. The molecule has 0 aliphatic carbocycles. The molecule has 0 aliphatic rings. The molecule has 0 spiro atoms. The molecule has 3 rings (SSSR count). The van der Waals surface area contributed by atoms with Crippen LogP contribution in [0.25, 0.3) is 10.6 Å². The third kappa shape index (κ3) is 3.72. The minimum absolute atomic E-state index is 0.876. The van der Waals surface area contributed by atoms with E-state index in [1.165, 1.54) is 5.56 Å². The molecule has 0 unspecified atom stereocenters. The van der Waals surface area contributed by atoms with Crippen LogP contribution in [0.1, 0.15) is 16.3 Å². The smallest absolute Gasteiger partial charge is 0.147 e. The van der Waals surface area contributed by atoms with E-state index < -0.39 is 0 Å². The molecule has 2 heterocycles. The van der Waals surface area contributed by atoms with Gasteiger partial charge in [0.15, 0.2) is 0 Å². The van der Waals surface area contributed by atoms with Gasteiger partial charge in [0.2, 0.25) is 0 Å². The maximum atomic E-state index is 4.32. The van der Waals surface area contributed by atoms with Crippen molar-refractivity contribution in [2.45, 2.75) is 20.0 Å². The molecule has 0 amide bonds. The quantitative estimate of drug-likeness (QED) is 0.721. The lowest BCUT2D eigenvalue weighted by Gasteiger charge is -2.15. The molecule has 0 saturated heterocycles. The predicted molar refractivity (Wildman–Crippen MR) is 87.4 cm³/mol. The van der Waals surface area contributed by atoms with Gasteiger partial charge in [-0.1, -0.05) is 35.6 Å². The van der Waals surface area contributed by atoms with Crippen molar-refractivity contribution in [3.8, 4) is 10.6 Å². The van der Waals surface area contributed by atoms with Gasteiger partial charge in [-0.05, 0) is 19.5 Å². The van der Waals surface area contributed by atoms with Crippen LogP contribution in [-0.2, 0) is 13.1 Å². The van der Waals surface area contributed by atoms with E-state index >= 15 is 0 Å². The van der Waals surface area contributed by atoms with Crippen molar-refractivity contribution >= 4 is 22.7 Å². The molecule has 0 aliphatic heterocycles. The first kappa shape index (κ1) is 14.3. The normalized spacial score (nSPS) is 11.2. The van der Waals surface area contributed by atoms with E-state index in [4.69, 9.17) is 0 Å². The summed E-state index contributed by atoms with van der Waals surface area (Å²) in [6, 6.07) is 8.55. The molecular formula is C15H16N4S2. The van der Waals surface area contributed by atoms with Gasteiger partial charge >= 0.3 is 0 Å². The average Bonchev–Trinajstić information content (AvgIpc) is 3.11. The lowest BCUT2D eigenvalue weighted by molar-refractivity contribution is 0.316. The van der Waals surface area contributed by atoms with Crippen LogP contribution in [0.4, 0.5) is 0 Å². The van der Waals surface area contributed by atoms with E-state index in [9.17, 15) is 0 Å². The van der Waals surface area contributed by atoms with Crippen LogP contribution in [0.5, 0.6) is 0 Å². The Morgan fingerprint density at radius 1 is 1.10 bits per heavy atom. The van der Waals surface area contributed by atoms with Crippen molar-refractivity contribution in [2.24, 2.45) is 0 Å². The minimum Gasteiger partial charge on any atom is -0.296 e. The SMILES string of the molecule is Cc1nnc(-c2ccc(CN(C)Cc3cscn3)cc2)s1. The van der Waals surface area contributed by atoms with Crippen molar-refractivity contribution < 1.29 is 0 Å². The van der Waals surface area contributed by atoms with Gasteiger partial charge in [0.05, 0.1) is 11.2 Å². The molecule has 21 heavy (non-hydrogen) atoms. The molecule has 3 aromatic rings. The summed E-state index contributed by atoms with van der Waals surface area (Å²) >= 11 is 3.26. The van der Waals surface area contributed by atoms with Gasteiger partial charge in [0, 0.05) is 24.0 Å². The zero-order valence-corrected chi connectivity index (χ0v) is 13.6. The molecule has 0 radical (unpaired) electrons. The van der Waals surface area contributed by atoms with Gasteiger partial charge in [0.25, 0.3) is 0 Å². The highest BCUT2D eigenvalue weighted by Gasteiger charge is 2.06. The van der Waals surface area contributed by atoms with E-state index in [0.717, 1.165) is 34.4 Å². The van der Waals surface area contributed by atoms with Crippen LogP contribution in [0.2, 0.25) is 0 Å². The minimum atomic E-state index is 0.876. The Labute approximate surface area is 132 Å². The number of hydrogen-bond acceptors (Lipinski definition) is 6. The fourth-order valence-electron chi connectivity index (χ4n) is 2.13. The zero-order valence-electron chi connectivity index (χ0n) is 12.0. The van der Waals surface area contributed by atoms with Crippen LogP contribution in [0.15, 0.2) is 35.2 Å². The third-order valence-electron chi connectivity index (χ3n) is 3.09. The standard InChI is InChI=1S/C15H16N4S2/c1-11-17-18-15(21-11)13-5-3-12(4-6-13)7-19(2)8-14-9-20-10-16-14/h3-6,9-10H,7-8H2,1-2H3. The number of benzene rings is 1. The number of thiazole rings is 1. The fraction of sp³-hybridized carbons (Fsp3) is 0.267. The first-order valence-corrected chi connectivity index (χ1v) is 8.41. The van der Waals surface area contributed by atoms with Crippen molar-refractivity contribution in [3.05, 3.63) is 51.4 Å². The Morgan fingerprint density at radius 3 is 2.52 bits per heavy atom. The van der Waals surface area contributed by atoms with E-state index in [-0.39, 0.29) is 0 Å². The Morgan fingerprint density at radius 2 is 1.90 bits per heavy atom. The van der Waals surface area contributed by atoms with E-state index in [0.29, 0.717) is 0 Å². The van der Waals surface area contributed by atoms with Crippen molar-refractivity contribution in [2.75, 3.05) is 7.05 Å². The molecule has 0 fully saturated rings. The van der Waals surface area contributed by atoms with E-state index in [1.807, 2.05) is 12.4 Å². The molecule has 108 valence electrons. The summed E-state index contributed by atoms with van der Waals surface area (Å²) in [6.45, 7) is 3.76. The third-order valence-corrected chi connectivity index (χ3v) is 4.62. The number of aromatic nitrogens is 3. The number of hydrogen-bond donors (Lipinski definition) is 0. The topological polar surface area (TPSA) is 41.9 Å². The first-order valence-electron chi connectivity index (χ1n) is 6.66. The Balaban J connectivity index is 1.64. The second kappa shape index (κ2) is 6.43. The van der Waals surface area contributed by atoms with Gasteiger partial charge in [-0.3, -0.25) is 4.90 Å². The molecular weight excluding hydrogens is 300 g/mol. The first-order chi connectivity index (χ1) is 10.2. The molecule has 2 aromatic heterocycles. The molecule has 0 bridgehead atoms. The summed E-state index contributed by atoms with van der Waals surface area (Å²) in [4.78, 5) is 6.58. The maximum Gasteiger partial charge on any atom is 0.147 e. The molecule has 0 saturated carbocycles. The van der Waals surface area contributed by atoms with Crippen LogP contribution in [0, 0.1) is 6.92 Å². The summed E-state index contributed by atoms with van der Waals surface area (Å²) in [7, 11) is 2.11. The Hall–Kier alpha value is -1.63. The summed E-state index contributed by atoms with van der Waals surface area (Å²) < 4.78 is 0. The van der Waals surface area contributed by atoms with Crippen LogP contribution >= 0.6 is 22.7 Å². The maximum absolute atomic E-state index is 4.32. The van der Waals surface area contributed by atoms with Crippen LogP contribution < -0.4 is 0 Å². The second-order valence-corrected chi connectivity index (χ2v) is 6.88. The van der Waals surface area contributed by atoms with Crippen molar-refractivity contribution in [1.29, 1.82) is 0 Å². The monoisotopic (exact) mass is 316 g/mol. The molecule has 6 heteroatoms. The Bertz CT molecular complexity index is 689. The molecule has 1 aromatic carbocycles. The lowest BCUT2D eigenvalue weighted by Crippen LogP contribution is -2.17. The Kier molecular flexibility index (Phi) is 4.38. The summed E-state index contributed by atoms with van der Waals surface area (Å²) in [5.41, 5.74) is 5.43. The number of rotatable bonds is 5. The van der Waals surface area contributed by atoms with E-state index in [1.54, 1.807) is 22.7 Å². The molecule has 0 atom stereocenters. The highest BCUT2D eigenvalue weighted by Crippen LogP contribution is 2.23. The van der Waals surface area contributed by atoms with Crippen molar-refractivity contribution in [1.82, 2.24) is 20.1 Å². The van der Waals surface area contributed by atoms with Gasteiger partial charge in [-0.2, -0.15) is 0 Å². The fourth-order valence-corrected chi connectivity index (χ4v) is 3.37. The molecule has 0 N–H and O–H groups in total. The predicted octanol–water partition coefficient (Wildman–Crippen LogP) is 3.60. The highest BCUT2D eigenvalue weighted by molar-refractivity contribution is 7.14. The van der Waals surface area contributed by atoms with Gasteiger partial charge in [-0.25, -0.2) is 4.98 Å². The molecule has 4 nitrogen and oxygen atoms in total. The number of aryl methyl sites for hydroxylation is 1. The summed E-state index contributed by atoms with van der Waals surface area (Å²) in [6.07, 6.45) is 0. The van der Waals surface area contributed by atoms with Crippen molar-refractivity contribution in [3.63, 3.8) is 0 Å². The average molecular weight is 316 g/mol. The summed E-state index contributed by atoms with van der Waals surface area (Å²) in [5.74, 6) is 0. The van der Waals surface area contributed by atoms with Gasteiger partial charge < -0.3 is 0 Å². The zero-order chi connectivity index (χ0) is 14.7. The van der Waals surface area contributed by atoms with Gasteiger partial charge in [-0.15, -0.1) is 21.5 Å². The van der Waals surface area contributed by atoms with Crippen LogP contribution in [0.3, 0.4) is 0 Å². The highest BCUT2D eigenvalue weighted by atomic mass is 32.1. The van der Waals surface area contributed by atoms with Crippen LogP contribution in [-0.4, -0.2) is 27.1 Å².